The van der Waals surface area contributed by atoms with E-state index in [-0.39, 0.29) is 11.3 Å². The van der Waals surface area contributed by atoms with E-state index in [0.717, 1.165) is 17.7 Å². The maximum Gasteiger partial charge on any atom is 0.159 e. The summed E-state index contributed by atoms with van der Waals surface area (Å²) < 4.78 is 26.0. The highest BCUT2D eigenvalue weighted by molar-refractivity contribution is 5.21. The third kappa shape index (κ3) is 5.41. The largest absolute Gasteiger partial charge is 0.388 e. The molecule has 1 aromatic rings. The van der Waals surface area contributed by atoms with Crippen LogP contribution in [0.4, 0.5) is 8.78 Å². The van der Waals surface area contributed by atoms with Gasteiger partial charge in [-0.1, -0.05) is 40.3 Å². The van der Waals surface area contributed by atoms with E-state index in [1.54, 1.807) is 6.07 Å². The number of allylic oxidation sites excluding steroid dienone is 1. The molecule has 0 aliphatic heterocycles. The number of rotatable bonds is 5. The van der Waals surface area contributed by atoms with Crippen LogP contribution in [0.1, 0.15) is 45.6 Å². The van der Waals surface area contributed by atoms with E-state index in [2.05, 4.69) is 32.7 Å². The van der Waals surface area contributed by atoms with Crippen LogP contribution in [0.15, 0.2) is 30.5 Å². The predicted molar refractivity (Wildman–Crippen MR) is 76.0 cm³/mol. The Balaban J connectivity index is 2.53. The van der Waals surface area contributed by atoms with Gasteiger partial charge in [0.15, 0.2) is 11.6 Å². The summed E-state index contributed by atoms with van der Waals surface area (Å²) in [5.41, 5.74) is 1.95. The van der Waals surface area contributed by atoms with Gasteiger partial charge in [-0.3, -0.25) is 0 Å². The number of hydrogen-bond acceptors (Lipinski definition) is 1. The molecule has 0 fully saturated rings. The summed E-state index contributed by atoms with van der Waals surface area (Å²) in [4.78, 5) is 0. The van der Waals surface area contributed by atoms with Gasteiger partial charge in [0.2, 0.25) is 0 Å². The Labute approximate surface area is 114 Å². The van der Waals surface area contributed by atoms with Gasteiger partial charge in [0.1, 0.15) is 0 Å². The van der Waals surface area contributed by atoms with Gasteiger partial charge >= 0.3 is 0 Å². The second-order valence-electron chi connectivity index (χ2n) is 6.30. The Hall–Kier alpha value is -1.38. The normalized spacial score (nSPS) is 13.2. The zero-order valence-electron chi connectivity index (χ0n) is 12.2. The lowest BCUT2D eigenvalue weighted by atomic mass is 9.90. The van der Waals surface area contributed by atoms with Gasteiger partial charge in [0, 0.05) is 12.2 Å². The molecule has 0 aliphatic carbocycles. The van der Waals surface area contributed by atoms with Gasteiger partial charge in [0.25, 0.3) is 0 Å². The molecule has 0 spiro atoms. The van der Waals surface area contributed by atoms with Gasteiger partial charge in [-0.15, -0.1) is 0 Å². The molecule has 19 heavy (non-hydrogen) atoms. The molecular weight excluding hydrogens is 244 g/mol. The van der Waals surface area contributed by atoms with Crippen LogP contribution in [-0.2, 0) is 0 Å². The van der Waals surface area contributed by atoms with Crippen molar-refractivity contribution in [3.63, 3.8) is 0 Å². The van der Waals surface area contributed by atoms with Crippen LogP contribution in [0.25, 0.3) is 0 Å². The molecule has 1 rings (SSSR count). The molecule has 0 heterocycles. The summed E-state index contributed by atoms with van der Waals surface area (Å²) in [6.45, 7) is 13.1. The van der Waals surface area contributed by atoms with E-state index in [4.69, 9.17) is 0 Å². The Morgan fingerprint density at radius 2 is 1.89 bits per heavy atom. The van der Waals surface area contributed by atoms with Crippen molar-refractivity contribution in [2.24, 2.45) is 5.41 Å². The number of benzene rings is 1. The van der Waals surface area contributed by atoms with Crippen LogP contribution >= 0.6 is 0 Å². The van der Waals surface area contributed by atoms with Crippen molar-refractivity contribution >= 4 is 0 Å². The number of nitrogens with one attached hydrogen (secondary N) is 1. The minimum atomic E-state index is -0.805. The quantitative estimate of drug-likeness (QED) is 0.821. The number of hydrogen-bond donors (Lipinski definition) is 1. The molecule has 0 aliphatic rings. The molecule has 1 unspecified atom stereocenters. The summed E-state index contributed by atoms with van der Waals surface area (Å²) in [5, 5.41) is 3.26. The van der Waals surface area contributed by atoms with Gasteiger partial charge < -0.3 is 5.32 Å². The van der Waals surface area contributed by atoms with E-state index < -0.39 is 11.6 Å². The Bertz CT molecular complexity index is 447. The fraction of sp³-hybridized carbons (Fsp3) is 0.500. The monoisotopic (exact) mass is 267 g/mol. The van der Waals surface area contributed by atoms with Crippen LogP contribution < -0.4 is 5.32 Å². The molecule has 106 valence electrons. The van der Waals surface area contributed by atoms with E-state index in [9.17, 15) is 8.78 Å². The van der Waals surface area contributed by atoms with Crippen molar-refractivity contribution in [2.75, 3.05) is 6.54 Å². The lowest BCUT2D eigenvalue weighted by molar-refractivity contribution is 0.397. The first-order valence-electron chi connectivity index (χ1n) is 6.55. The molecular formula is C16H23F2N. The summed E-state index contributed by atoms with van der Waals surface area (Å²) >= 11 is 0. The van der Waals surface area contributed by atoms with E-state index in [1.165, 1.54) is 12.1 Å². The molecule has 0 amide bonds. The van der Waals surface area contributed by atoms with E-state index in [1.807, 2.05) is 6.92 Å². The fourth-order valence-electron chi connectivity index (χ4n) is 1.94. The van der Waals surface area contributed by atoms with Crippen molar-refractivity contribution in [3.05, 3.63) is 47.7 Å². The first-order chi connectivity index (χ1) is 8.69. The maximum atomic E-state index is 13.1. The average molecular weight is 267 g/mol. The maximum absolute atomic E-state index is 13.1. The van der Waals surface area contributed by atoms with Crippen molar-refractivity contribution in [1.29, 1.82) is 0 Å². The Kier molecular flexibility index (Phi) is 5.10. The van der Waals surface area contributed by atoms with Gasteiger partial charge in [0.05, 0.1) is 0 Å². The van der Waals surface area contributed by atoms with Gasteiger partial charge in [-0.2, -0.15) is 0 Å². The zero-order valence-corrected chi connectivity index (χ0v) is 12.2. The molecule has 3 heteroatoms. The third-order valence-electron chi connectivity index (χ3n) is 2.91. The van der Waals surface area contributed by atoms with Crippen LogP contribution in [0, 0.1) is 17.0 Å². The zero-order chi connectivity index (χ0) is 14.6. The third-order valence-corrected chi connectivity index (χ3v) is 2.91. The summed E-state index contributed by atoms with van der Waals surface area (Å²) in [7, 11) is 0. The summed E-state index contributed by atoms with van der Waals surface area (Å²) in [5.74, 6) is -1.49. The van der Waals surface area contributed by atoms with Crippen LogP contribution in [0.3, 0.4) is 0 Å². The average Bonchev–Trinajstić information content (AvgIpc) is 2.27. The highest BCUT2D eigenvalue weighted by Crippen LogP contribution is 2.23. The highest BCUT2D eigenvalue weighted by atomic mass is 19.2. The van der Waals surface area contributed by atoms with Crippen LogP contribution in [-0.4, -0.2) is 6.54 Å². The molecule has 0 bridgehead atoms. The molecule has 1 aromatic carbocycles. The predicted octanol–water partition coefficient (Wildman–Crippen LogP) is 4.61. The summed E-state index contributed by atoms with van der Waals surface area (Å²) in [6, 6.07) is 4.05. The van der Waals surface area contributed by atoms with E-state index >= 15 is 0 Å². The molecule has 1 N–H and O–H groups in total. The molecule has 0 radical (unpaired) electrons. The molecule has 0 saturated carbocycles. The topological polar surface area (TPSA) is 12.0 Å². The second-order valence-corrected chi connectivity index (χ2v) is 6.30. The molecule has 1 atom stereocenters. The highest BCUT2D eigenvalue weighted by Gasteiger charge is 2.13. The number of halogens is 2. The van der Waals surface area contributed by atoms with Gasteiger partial charge in [-0.05, 0) is 35.4 Å². The Morgan fingerprint density at radius 1 is 1.26 bits per heavy atom. The Morgan fingerprint density at radius 3 is 2.42 bits per heavy atom. The first kappa shape index (κ1) is 15.7. The van der Waals surface area contributed by atoms with Crippen LogP contribution in [0.5, 0.6) is 0 Å². The van der Waals surface area contributed by atoms with Crippen molar-refractivity contribution in [3.8, 4) is 0 Å². The van der Waals surface area contributed by atoms with Crippen molar-refractivity contribution in [1.82, 2.24) is 5.32 Å². The SMILES string of the molecule is C=C(CC(C)(C)C)NCC(C)c1ccc(F)c(F)c1. The summed E-state index contributed by atoms with van der Waals surface area (Å²) in [6.07, 6.45) is 0.886. The smallest absolute Gasteiger partial charge is 0.159 e. The van der Waals surface area contributed by atoms with Gasteiger partial charge in [-0.25, -0.2) is 8.78 Å². The minimum absolute atomic E-state index is 0.104. The standard InChI is InChI=1S/C16H23F2N/c1-11(10-19-12(2)9-16(3,4)5)13-6-7-14(17)15(18)8-13/h6-8,11,19H,2,9-10H2,1,3-5H3. The minimum Gasteiger partial charge on any atom is -0.388 e. The molecule has 1 nitrogen and oxygen atoms in total. The second kappa shape index (κ2) is 6.18. The van der Waals surface area contributed by atoms with Crippen molar-refractivity contribution in [2.45, 2.75) is 40.0 Å². The fourth-order valence-corrected chi connectivity index (χ4v) is 1.94. The molecule has 0 aromatic heterocycles. The van der Waals surface area contributed by atoms with Crippen molar-refractivity contribution < 1.29 is 8.78 Å². The lowest BCUT2D eigenvalue weighted by Crippen LogP contribution is -2.22. The van der Waals surface area contributed by atoms with Crippen LogP contribution in [0.2, 0.25) is 0 Å². The molecule has 0 saturated heterocycles. The first-order valence-corrected chi connectivity index (χ1v) is 6.55. The lowest BCUT2D eigenvalue weighted by Gasteiger charge is -2.22. The van der Waals surface area contributed by atoms with E-state index in [0.29, 0.717) is 6.54 Å².